The summed E-state index contributed by atoms with van der Waals surface area (Å²) < 4.78 is 3.12. The van der Waals surface area contributed by atoms with Crippen molar-refractivity contribution in [2.45, 2.75) is 18.9 Å². The summed E-state index contributed by atoms with van der Waals surface area (Å²) in [6, 6.07) is 2.56. The molecule has 5 heteroatoms. The van der Waals surface area contributed by atoms with E-state index in [1.165, 1.54) is 12.8 Å². The number of halogens is 1. The minimum atomic E-state index is 0.521. The molecule has 3 rings (SSSR count). The van der Waals surface area contributed by atoms with E-state index in [2.05, 4.69) is 35.8 Å². The number of nitrogens with zero attached hydrogens (tertiary/aromatic N) is 3. The van der Waals surface area contributed by atoms with Crippen LogP contribution in [0, 0.1) is 0 Å². The largest absolute Gasteiger partial charge is 0.326 e. The summed E-state index contributed by atoms with van der Waals surface area (Å²) in [6.07, 6.45) is 6.19. The number of nitrogens with one attached hydrogen (secondary N) is 1. The first-order chi connectivity index (χ1) is 7.84. The second kappa shape index (κ2) is 4.14. The van der Waals surface area contributed by atoms with Crippen molar-refractivity contribution < 1.29 is 0 Å². The molecule has 0 aromatic carbocycles. The van der Waals surface area contributed by atoms with Crippen molar-refractivity contribution in [2.24, 2.45) is 0 Å². The van der Waals surface area contributed by atoms with Crippen LogP contribution in [0.1, 0.15) is 18.9 Å². The average Bonchev–Trinajstić information content (AvgIpc) is 2.73. The van der Waals surface area contributed by atoms with E-state index in [-0.39, 0.29) is 0 Å². The maximum absolute atomic E-state index is 4.39. The number of imidazole rings is 1. The molecular formula is C11H13BrN4. The molecule has 1 aliphatic heterocycles. The predicted molar refractivity (Wildman–Crippen MR) is 66.4 cm³/mol. The van der Waals surface area contributed by atoms with Crippen LogP contribution in [-0.2, 0) is 0 Å². The lowest BCUT2D eigenvalue weighted by Crippen LogP contribution is -2.31. The normalized spacial score (nSPS) is 21.4. The SMILES string of the molecule is Brc1cc2c(cn1)ncn2[C@@H]1CCCNC1. The number of pyridine rings is 1. The summed E-state index contributed by atoms with van der Waals surface area (Å²) in [4.78, 5) is 8.58. The number of aromatic nitrogens is 3. The van der Waals surface area contributed by atoms with Gasteiger partial charge < -0.3 is 9.88 Å². The van der Waals surface area contributed by atoms with Gasteiger partial charge in [0.1, 0.15) is 10.1 Å². The van der Waals surface area contributed by atoms with E-state index in [9.17, 15) is 0 Å². The summed E-state index contributed by atoms with van der Waals surface area (Å²) in [7, 11) is 0. The van der Waals surface area contributed by atoms with Crippen LogP contribution in [0.15, 0.2) is 23.2 Å². The van der Waals surface area contributed by atoms with Gasteiger partial charge in [-0.2, -0.15) is 0 Å². The van der Waals surface area contributed by atoms with Crippen molar-refractivity contribution >= 4 is 27.0 Å². The third-order valence-corrected chi connectivity index (χ3v) is 3.53. The van der Waals surface area contributed by atoms with Crippen molar-refractivity contribution in [1.29, 1.82) is 0 Å². The number of rotatable bonds is 1. The number of hydrogen-bond acceptors (Lipinski definition) is 3. The molecule has 0 spiro atoms. The Kier molecular flexibility index (Phi) is 2.65. The lowest BCUT2D eigenvalue weighted by atomic mass is 10.1. The zero-order valence-corrected chi connectivity index (χ0v) is 10.4. The summed E-state index contributed by atoms with van der Waals surface area (Å²) in [5.41, 5.74) is 2.13. The molecule has 0 radical (unpaired) electrons. The summed E-state index contributed by atoms with van der Waals surface area (Å²) in [6.45, 7) is 2.17. The fourth-order valence-electron chi connectivity index (χ4n) is 2.27. The molecule has 1 saturated heterocycles. The molecule has 2 aromatic heterocycles. The molecule has 3 heterocycles. The van der Waals surface area contributed by atoms with Crippen LogP contribution < -0.4 is 5.32 Å². The third-order valence-electron chi connectivity index (χ3n) is 3.09. The highest BCUT2D eigenvalue weighted by Crippen LogP contribution is 2.23. The molecule has 0 aliphatic carbocycles. The van der Waals surface area contributed by atoms with E-state index in [1.807, 2.05) is 18.6 Å². The molecule has 0 bridgehead atoms. The molecule has 4 nitrogen and oxygen atoms in total. The van der Waals surface area contributed by atoms with Gasteiger partial charge in [-0.05, 0) is 41.4 Å². The van der Waals surface area contributed by atoms with Gasteiger partial charge in [0.25, 0.3) is 0 Å². The van der Waals surface area contributed by atoms with E-state index in [0.717, 1.165) is 28.7 Å². The first kappa shape index (κ1) is 10.2. The molecule has 1 N–H and O–H groups in total. The van der Waals surface area contributed by atoms with Crippen molar-refractivity contribution in [3.63, 3.8) is 0 Å². The smallest absolute Gasteiger partial charge is 0.108 e. The van der Waals surface area contributed by atoms with Crippen LogP contribution >= 0.6 is 15.9 Å². The van der Waals surface area contributed by atoms with Crippen LogP contribution in [0.5, 0.6) is 0 Å². The van der Waals surface area contributed by atoms with Crippen LogP contribution in [0.3, 0.4) is 0 Å². The second-order valence-corrected chi connectivity index (χ2v) is 4.96. The summed E-state index contributed by atoms with van der Waals surface area (Å²) >= 11 is 3.41. The Morgan fingerprint density at radius 2 is 2.38 bits per heavy atom. The van der Waals surface area contributed by atoms with Gasteiger partial charge in [0, 0.05) is 12.6 Å². The zero-order chi connectivity index (χ0) is 11.0. The zero-order valence-electron chi connectivity index (χ0n) is 8.86. The monoisotopic (exact) mass is 280 g/mol. The Labute approximate surface area is 102 Å². The molecule has 16 heavy (non-hydrogen) atoms. The Morgan fingerprint density at radius 3 is 3.19 bits per heavy atom. The van der Waals surface area contributed by atoms with Crippen molar-refractivity contribution in [2.75, 3.05) is 13.1 Å². The van der Waals surface area contributed by atoms with Gasteiger partial charge in [0.15, 0.2) is 0 Å². The van der Waals surface area contributed by atoms with E-state index in [0.29, 0.717) is 6.04 Å². The topological polar surface area (TPSA) is 42.7 Å². The fourth-order valence-corrected chi connectivity index (χ4v) is 2.59. The molecule has 2 aromatic rings. The fraction of sp³-hybridized carbons (Fsp3) is 0.455. The average molecular weight is 281 g/mol. The number of hydrogen-bond donors (Lipinski definition) is 1. The number of piperidine rings is 1. The lowest BCUT2D eigenvalue weighted by molar-refractivity contribution is 0.378. The first-order valence-corrected chi connectivity index (χ1v) is 6.33. The van der Waals surface area contributed by atoms with Gasteiger partial charge in [0.05, 0.1) is 18.0 Å². The van der Waals surface area contributed by atoms with E-state index < -0.39 is 0 Å². The van der Waals surface area contributed by atoms with Gasteiger partial charge >= 0.3 is 0 Å². The molecule has 0 unspecified atom stereocenters. The van der Waals surface area contributed by atoms with Gasteiger partial charge in [-0.3, -0.25) is 0 Å². The van der Waals surface area contributed by atoms with Crippen LogP contribution in [-0.4, -0.2) is 27.6 Å². The van der Waals surface area contributed by atoms with Gasteiger partial charge in [0.2, 0.25) is 0 Å². The molecule has 1 fully saturated rings. The quantitative estimate of drug-likeness (QED) is 0.814. The highest BCUT2D eigenvalue weighted by molar-refractivity contribution is 9.10. The molecule has 1 atom stereocenters. The maximum atomic E-state index is 4.39. The molecule has 84 valence electrons. The van der Waals surface area contributed by atoms with Crippen molar-refractivity contribution in [3.8, 4) is 0 Å². The van der Waals surface area contributed by atoms with Gasteiger partial charge in [-0.25, -0.2) is 9.97 Å². The highest BCUT2D eigenvalue weighted by atomic mass is 79.9. The lowest BCUT2D eigenvalue weighted by Gasteiger charge is -2.24. The first-order valence-electron chi connectivity index (χ1n) is 5.53. The Bertz CT molecular complexity index is 502. The van der Waals surface area contributed by atoms with E-state index in [4.69, 9.17) is 0 Å². The minimum absolute atomic E-state index is 0.521. The molecular weight excluding hydrogens is 268 g/mol. The molecule has 0 saturated carbocycles. The maximum Gasteiger partial charge on any atom is 0.108 e. The third kappa shape index (κ3) is 1.74. The minimum Gasteiger partial charge on any atom is -0.326 e. The van der Waals surface area contributed by atoms with Crippen LogP contribution in [0.2, 0.25) is 0 Å². The highest BCUT2D eigenvalue weighted by Gasteiger charge is 2.16. The van der Waals surface area contributed by atoms with Crippen LogP contribution in [0.4, 0.5) is 0 Å². The van der Waals surface area contributed by atoms with Crippen LogP contribution in [0.25, 0.3) is 11.0 Å². The predicted octanol–water partition coefficient (Wildman–Crippen LogP) is 2.12. The Morgan fingerprint density at radius 1 is 1.44 bits per heavy atom. The van der Waals surface area contributed by atoms with E-state index >= 15 is 0 Å². The summed E-state index contributed by atoms with van der Waals surface area (Å²) in [5, 5.41) is 3.43. The summed E-state index contributed by atoms with van der Waals surface area (Å²) in [5.74, 6) is 0. The van der Waals surface area contributed by atoms with Crippen molar-refractivity contribution in [3.05, 3.63) is 23.2 Å². The number of fused-ring (bicyclic) bond motifs is 1. The molecule has 1 aliphatic rings. The van der Waals surface area contributed by atoms with E-state index in [1.54, 1.807) is 0 Å². The van der Waals surface area contributed by atoms with Gasteiger partial charge in [-0.15, -0.1) is 0 Å². The molecule has 0 amide bonds. The van der Waals surface area contributed by atoms with Crippen molar-refractivity contribution in [1.82, 2.24) is 19.9 Å². The Hall–Kier alpha value is -0.940. The Balaban J connectivity index is 2.05. The second-order valence-electron chi connectivity index (χ2n) is 4.15. The van der Waals surface area contributed by atoms with Gasteiger partial charge in [-0.1, -0.05) is 0 Å². The standard InChI is InChI=1S/C11H13BrN4/c12-11-4-10-9(6-14-11)15-7-16(10)8-2-1-3-13-5-8/h4,6-8,13H,1-3,5H2/t8-/m1/s1.